The Morgan fingerprint density at radius 3 is 2.48 bits per heavy atom. The van der Waals surface area contributed by atoms with E-state index in [0.717, 1.165) is 28.9 Å². The first-order valence-corrected chi connectivity index (χ1v) is 9.44. The number of halogens is 3. The first kappa shape index (κ1) is 18.3. The lowest BCUT2D eigenvalue weighted by Gasteiger charge is -2.24. The van der Waals surface area contributed by atoms with Crippen molar-refractivity contribution in [3.05, 3.63) is 69.2 Å². The van der Waals surface area contributed by atoms with E-state index in [-0.39, 0.29) is 5.41 Å². The normalized spacial score (nSPS) is 19.3. The third kappa shape index (κ3) is 3.31. The van der Waals surface area contributed by atoms with Crippen molar-refractivity contribution >= 4 is 46.2 Å². The molecule has 1 aliphatic heterocycles. The van der Waals surface area contributed by atoms with E-state index in [1.54, 1.807) is 11.0 Å². The van der Waals surface area contributed by atoms with Crippen LogP contribution >= 0.6 is 34.8 Å². The first-order chi connectivity index (χ1) is 12.9. The highest BCUT2D eigenvalue weighted by Gasteiger charge is 2.34. The Labute approximate surface area is 171 Å². The van der Waals surface area contributed by atoms with Crippen LogP contribution in [-0.4, -0.2) is 27.0 Å². The van der Waals surface area contributed by atoms with Crippen molar-refractivity contribution in [1.82, 2.24) is 14.8 Å². The fourth-order valence-corrected chi connectivity index (χ4v) is 3.91. The zero-order valence-corrected chi connectivity index (χ0v) is 16.7. The van der Waals surface area contributed by atoms with Crippen molar-refractivity contribution < 1.29 is 0 Å². The number of nitrogen functional groups attached to an aromatic ring is 1. The predicted octanol–water partition coefficient (Wildman–Crippen LogP) is 4.96. The van der Waals surface area contributed by atoms with Crippen LogP contribution in [0.3, 0.4) is 0 Å². The Bertz CT molecular complexity index is 1020. The highest BCUT2D eigenvalue weighted by Crippen LogP contribution is 2.40. The second kappa shape index (κ2) is 6.82. The van der Waals surface area contributed by atoms with Crippen LogP contribution in [0.25, 0.3) is 5.69 Å². The summed E-state index contributed by atoms with van der Waals surface area (Å²) >= 11 is 18.5. The Balaban J connectivity index is 1.62. The lowest BCUT2D eigenvalue weighted by Crippen LogP contribution is -2.23. The largest absolute Gasteiger partial charge is 0.397 e. The summed E-state index contributed by atoms with van der Waals surface area (Å²) in [5.41, 5.74) is 10.4. The molecule has 0 amide bonds. The van der Waals surface area contributed by atoms with E-state index in [1.165, 1.54) is 6.33 Å². The topological polar surface area (TPSA) is 69.1 Å². The number of hydrogen-bond donors (Lipinski definition) is 1. The van der Waals surface area contributed by atoms with Crippen molar-refractivity contribution in [2.45, 2.75) is 18.8 Å². The molecule has 4 rings (SSSR count). The molecular formula is C19H16Cl3N5. The minimum atomic E-state index is -0.202. The van der Waals surface area contributed by atoms with Gasteiger partial charge in [-0.1, -0.05) is 47.8 Å². The minimum Gasteiger partial charge on any atom is -0.397 e. The highest BCUT2D eigenvalue weighted by atomic mass is 35.5. The van der Waals surface area contributed by atoms with Gasteiger partial charge >= 0.3 is 0 Å². The summed E-state index contributed by atoms with van der Waals surface area (Å²) in [6.07, 6.45) is 3.84. The number of aliphatic imine (C=N–C) groups is 1. The number of hydrogen-bond acceptors (Lipinski definition) is 4. The van der Waals surface area contributed by atoms with Crippen molar-refractivity contribution in [1.29, 1.82) is 0 Å². The molecule has 0 spiro atoms. The van der Waals surface area contributed by atoms with Crippen LogP contribution in [0, 0.1) is 0 Å². The molecule has 1 atom stereocenters. The van der Waals surface area contributed by atoms with E-state index in [1.807, 2.05) is 30.3 Å². The average Bonchev–Trinajstić information content (AvgIpc) is 3.30. The van der Waals surface area contributed by atoms with E-state index in [0.29, 0.717) is 27.3 Å². The molecule has 0 fully saturated rings. The van der Waals surface area contributed by atoms with Gasteiger partial charge in [0.15, 0.2) is 0 Å². The van der Waals surface area contributed by atoms with Gasteiger partial charge in [0, 0.05) is 24.1 Å². The smallest absolute Gasteiger partial charge is 0.138 e. The van der Waals surface area contributed by atoms with E-state index in [9.17, 15) is 0 Å². The number of nitrogens with zero attached hydrogens (tertiary/aromatic N) is 4. The lowest BCUT2D eigenvalue weighted by molar-refractivity contribution is 0.536. The van der Waals surface area contributed by atoms with Crippen LogP contribution < -0.4 is 5.73 Å². The molecule has 27 heavy (non-hydrogen) atoms. The molecule has 1 aliphatic rings. The summed E-state index contributed by atoms with van der Waals surface area (Å²) in [6.45, 7) is 2.79. The molecule has 138 valence electrons. The lowest BCUT2D eigenvalue weighted by atomic mass is 9.79. The standard InChI is InChI=1S/C19H16Cl3N5/c1-19(12-5-13(20)18(22)14(21)6-12)7-16(25-8-19)11-2-3-17(15(23)4-11)27-10-24-9-26-27/h2-6,9-10H,7-8,23H2,1H3. The van der Waals surface area contributed by atoms with E-state index in [2.05, 4.69) is 17.0 Å². The highest BCUT2D eigenvalue weighted by molar-refractivity contribution is 6.48. The third-order valence-corrected chi connectivity index (χ3v) is 6.08. The molecule has 1 unspecified atom stereocenters. The van der Waals surface area contributed by atoms with Crippen molar-refractivity contribution in [2.24, 2.45) is 4.99 Å². The van der Waals surface area contributed by atoms with Gasteiger partial charge in [-0.3, -0.25) is 4.99 Å². The Kier molecular flexibility index (Phi) is 4.62. The fraction of sp³-hybridized carbons (Fsp3) is 0.211. The molecule has 2 N–H and O–H groups in total. The van der Waals surface area contributed by atoms with Gasteiger partial charge in [-0.05, 0) is 35.4 Å². The maximum Gasteiger partial charge on any atom is 0.138 e. The SMILES string of the molecule is CC1(c2cc(Cl)c(Cl)c(Cl)c2)CN=C(c2ccc(-n3cncn3)c(N)c2)C1. The average molecular weight is 421 g/mol. The Morgan fingerprint density at radius 1 is 1.11 bits per heavy atom. The molecular weight excluding hydrogens is 405 g/mol. The van der Waals surface area contributed by atoms with Gasteiger partial charge < -0.3 is 5.73 Å². The summed E-state index contributed by atoms with van der Waals surface area (Å²) in [5, 5.41) is 5.40. The molecule has 3 aromatic rings. The minimum absolute atomic E-state index is 0.202. The van der Waals surface area contributed by atoms with Crippen LogP contribution in [-0.2, 0) is 5.41 Å². The van der Waals surface area contributed by atoms with Gasteiger partial charge in [0.2, 0.25) is 0 Å². The number of nitrogens with two attached hydrogens (primary N) is 1. The predicted molar refractivity (Wildman–Crippen MR) is 111 cm³/mol. The first-order valence-electron chi connectivity index (χ1n) is 8.31. The molecule has 1 aromatic heterocycles. The maximum absolute atomic E-state index is 6.22. The van der Waals surface area contributed by atoms with E-state index >= 15 is 0 Å². The second-order valence-electron chi connectivity index (χ2n) is 6.87. The van der Waals surface area contributed by atoms with E-state index in [4.69, 9.17) is 45.5 Å². The van der Waals surface area contributed by atoms with Crippen LogP contribution in [0.15, 0.2) is 48.0 Å². The molecule has 2 aromatic carbocycles. The van der Waals surface area contributed by atoms with Gasteiger partial charge in [-0.2, -0.15) is 5.10 Å². The van der Waals surface area contributed by atoms with Gasteiger partial charge in [0.25, 0.3) is 0 Å². The van der Waals surface area contributed by atoms with Crippen molar-refractivity contribution in [3.63, 3.8) is 0 Å². The summed E-state index contributed by atoms with van der Waals surface area (Å²) in [5.74, 6) is 0. The van der Waals surface area contributed by atoms with Crippen LogP contribution in [0.1, 0.15) is 24.5 Å². The number of anilines is 1. The maximum atomic E-state index is 6.22. The molecule has 0 aliphatic carbocycles. The van der Waals surface area contributed by atoms with Crippen molar-refractivity contribution in [3.8, 4) is 5.69 Å². The third-order valence-electron chi connectivity index (χ3n) is 4.88. The molecule has 5 nitrogen and oxygen atoms in total. The van der Waals surface area contributed by atoms with Gasteiger partial charge in [0.05, 0.1) is 26.4 Å². The molecule has 0 saturated heterocycles. The summed E-state index contributed by atoms with van der Waals surface area (Å²) in [4.78, 5) is 8.71. The van der Waals surface area contributed by atoms with Crippen molar-refractivity contribution in [2.75, 3.05) is 12.3 Å². The number of rotatable bonds is 3. The summed E-state index contributed by atoms with van der Waals surface area (Å²) in [6, 6.07) is 9.59. The Hall–Kier alpha value is -2.08. The van der Waals surface area contributed by atoms with E-state index < -0.39 is 0 Å². The Morgan fingerprint density at radius 2 is 1.85 bits per heavy atom. The van der Waals surface area contributed by atoms with Gasteiger partial charge in [-0.15, -0.1) is 0 Å². The molecule has 0 radical (unpaired) electrons. The van der Waals surface area contributed by atoms with Crippen LogP contribution in [0.2, 0.25) is 15.1 Å². The quantitative estimate of drug-likeness (QED) is 0.481. The second-order valence-corrected chi connectivity index (χ2v) is 8.06. The molecule has 0 bridgehead atoms. The number of benzene rings is 2. The summed E-state index contributed by atoms with van der Waals surface area (Å²) in [7, 11) is 0. The fourth-order valence-electron chi connectivity index (χ4n) is 3.32. The van der Waals surface area contributed by atoms with Crippen LogP contribution in [0.4, 0.5) is 5.69 Å². The van der Waals surface area contributed by atoms with Gasteiger partial charge in [0.1, 0.15) is 12.7 Å². The van der Waals surface area contributed by atoms with Gasteiger partial charge in [-0.25, -0.2) is 9.67 Å². The molecule has 2 heterocycles. The van der Waals surface area contributed by atoms with Crippen LogP contribution in [0.5, 0.6) is 0 Å². The number of aromatic nitrogens is 3. The zero-order valence-electron chi connectivity index (χ0n) is 14.5. The monoisotopic (exact) mass is 419 g/mol. The molecule has 0 saturated carbocycles. The zero-order chi connectivity index (χ0) is 19.2. The molecule has 8 heteroatoms. The summed E-state index contributed by atoms with van der Waals surface area (Å²) < 4.78 is 1.64.